The highest BCUT2D eigenvalue weighted by Crippen LogP contribution is 2.33. The number of carbonyl (C=O) groups excluding carboxylic acids is 1. The van der Waals surface area contributed by atoms with Gasteiger partial charge in [-0.15, -0.1) is 0 Å². The third kappa shape index (κ3) is 3.43. The van der Waals surface area contributed by atoms with Crippen LogP contribution in [0.5, 0.6) is 0 Å². The number of hydrogen-bond donors (Lipinski definition) is 0. The fourth-order valence-corrected chi connectivity index (χ4v) is 4.22. The van der Waals surface area contributed by atoms with Crippen molar-refractivity contribution in [3.63, 3.8) is 0 Å². The summed E-state index contributed by atoms with van der Waals surface area (Å²) < 4.78 is 0. The van der Waals surface area contributed by atoms with Crippen molar-refractivity contribution in [2.75, 3.05) is 6.54 Å². The Morgan fingerprint density at radius 1 is 0.967 bits per heavy atom. The molecule has 1 fully saturated rings. The Kier molecular flexibility index (Phi) is 4.93. The number of piperidine rings is 1. The molecular formula is C25H22N4O. The summed E-state index contributed by atoms with van der Waals surface area (Å²) in [7, 11) is 0. The van der Waals surface area contributed by atoms with Gasteiger partial charge in [-0.25, -0.2) is 4.98 Å². The molecule has 1 aromatic carbocycles. The molecule has 1 saturated heterocycles. The van der Waals surface area contributed by atoms with Crippen molar-refractivity contribution in [3.8, 4) is 11.3 Å². The maximum atomic E-state index is 13.8. The molecule has 1 atom stereocenters. The predicted octanol–water partition coefficient (Wildman–Crippen LogP) is 5.06. The summed E-state index contributed by atoms with van der Waals surface area (Å²) in [4.78, 5) is 29.4. The number of rotatable bonds is 3. The first-order chi connectivity index (χ1) is 14.8. The number of aromatic nitrogens is 3. The second kappa shape index (κ2) is 8.03. The van der Waals surface area contributed by atoms with Crippen LogP contribution in [0.15, 0.2) is 79.3 Å². The average Bonchev–Trinajstić information content (AvgIpc) is 2.84. The summed E-state index contributed by atoms with van der Waals surface area (Å²) in [5.41, 5.74) is 4.11. The van der Waals surface area contributed by atoms with Crippen LogP contribution in [0.2, 0.25) is 0 Å². The monoisotopic (exact) mass is 394 g/mol. The van der Waals surface area contributed by atoms with Gasteiger partial charge in [0.05, 0.1) is 28.5 Å². The smallest absolute Gasteiger partial charge is 0.255 e. The van der Waals surface area contributed by atoms with Gasteiger partial charge in [0.15, 0.2) is 0 Å². The predicted molar refractivity (Wildman–Crippen MR) is 117 cm³/mol. The lowest BCUT2D eigenvalue weighted by atomic mass is 9.96. The molecular weight excluding hydrogens is 372 g/mol. The molecule has 1 aliphatic heterocycles. The van der Waals surface area contributed by atoms with Crippen LogP contribution in [-0.2, 0) is 0 Å². The van der Waals surface area contributed by atoms with Gasteiger partial charge in [0.25, 0.3) is 5.91 Å². The molecule has 30 heavy (non-hydrogen) atoms. The zero-order chi connectivity index (χ0) is 20.3. The van der Waals surface area contributed by atoms with E-state index in [2.05, 4.69) is 9.97 Å². The number of para-hydroxylation sites is 1. The van der Waals surface area contributed by atoms with Crippen molar-refractivity contribution in [2.45, 2.75) is 25.3 Å². The van der Waals surface area contributed by atoms with E-state index in [0.717, 1.165) is 53.7 Å². The van der Waals surface area contributed by atoms with Crippen LogP contribution in [0.3, 0.4) is 0 Å². The van der Waals surface area contributed by atoms with E-state index in [1.165, 1.54) is 0 Å². The van der Waals surface area contributed by atoms with Crippen LogP contribution in [0.1, 0.15) is 41.4 Å². The lowest BCUT2D eigenvalue weighted by molar-refractivity contribution is 0.0608. The minimum absolute atomic E-state index is 0.00113. The van der Waals surface area contributed by atoms with Crippen LogP contribution in [0.25, 0.3) is 22.2 Å². The minimum atomic E-state index is 0.00113. The zero-order valence-electron chi connectivity index (χ0n) is 16.6. The van der Waals surface area contributed by atoms with E-state index < -0.39 is 0 Å². The number of pyridine rings is 3. The molecule has 0 N–H and O–H groups in total. The van der Waals surface area contributed by atoms with Gasteiger partial charge in [-0.1, -0.05) is 24.3 Å². The third-order valence-electron chi connectivity index (χ3n) is 5.70. The molecule has 0 unspecified atom stereocenters. The van der Waals surface area contributed by atoms with Crippen molar-refractivity contribution in [1.29, 1.82) is 0 Å². The Bertz CT molecular complexity index is 1180. The van der Waals surface area contributed by atoms with E-state index in [-0.39, 0.29) is 11.9 Å². The fourth-order valence-electron chi connectivity index (χ4n) is 4.22. The van der Waals surface area contributed by atoms with Crippen molar-refractivity contribution >= 4 is 16.8 Å². The van der Waals surface area contributed by atoms with Crippen LogP contribution >= 0.6 is 0 Å². The van der Waals surface area contributed by atoms with E-state index in [9.17, 15) is 4.79 Å². The number of fused-ring (bicyclic) bond motifs is 1. The van der Waals surface area contributed by atoms with E-state index in [0.29, 0.717) is 5.56 Å². The molecule has 5 heteroatoms. The molecule has 0 radical (unpaired) electrons. The Hall–Kier alpha value is -3.60. The third-order valence-corrected chi connectivity index (χ3v) is 5.70. The van der Waals surface area contributed by atoms with Gasteiger partial charge in [0.1, 0.15) is 0 Å². The molecule has 0 aliphatic carbocycles. The molecule has 5 nitrogen and oxygen atoms in total. The summed E-state index contributed by atoms with van der Waals surface area (Å²) in [5, 5.41) is 0.875. The Morgan fingerprint density at radius 2 is 1.87 bits per heavy atom. The molecule has 4 aromatic rings. The van der Waals surface area contributed by atoms with Crippen LogP contribution < -0.4 is 0 Å². The largest absolute Gasteiger partial charge is 0.330 e. The van der Waals surface area contributed by atoms with E-state index in [1.807, 2.05) is 65.6 Å². The molecule has 0 spiro atoms. The van der Waals surface area contributed by atoms with E-state index in [4.69, 9.17) is 4.98 Å². The highest BCUT2D eigenvalue weighted by Gasteiger charge is 2.30. The van der Waals surface area contributed by atoms with Crippen molar-refractivity contribution in [3.05, 3.63) is 90.5 Å². The zero-order valence-corrected chi connectivity index (χ0v) is 16.6. The Labute approximate surface area is 175 Å². The van der Waals surface area contributed by atoms with Crippen LogP contribution in [0.4, 0.5) is 0 Å². The summed E-state index contributed by atoms with van der Waals surface area (Å²) >= 11 is 0. The summed E-state index contributed by atoms with van der Waals surface area (Å²) in [5.74, 6) is 0.0362. The lowest BCUT2D eigenvalue weighted by Gasteiger charge is -2.35. The van der Waals surface area contributed by atoms with Gasteiger partial charge >= 0.3 is 0 Å². The first kappa shape index (κ1) is 18.4. The lowest BCUT2D eigenvalue weighted by Crippen LogP contribution is -2.39. The minimum Gasteiger partial charge on any atom is -0.330 e. The maximum absolute atomic E-state index is 13.8. The molecule has 1 aliphatic rings. The number of hydrogen-bond acceptors (Lipinski definition) is 4. The average molecular weight is 394 g/mol. The van der Waals surface area contributed by atoms with Gasteiger partial charge in [-0.05, 0) is 55.7 Å². The van der Waals surface area contributed by atoms with Crippen molar-refractivity contribution in [1.82, 2.24) is 19.9 Å². The standard InChI is InChI=1S/C25H22N4O/c30-25(29-15-6-4-12-24(29)22-11-3-5-14-27-22)20-16-23(18-8-7-13-26-17-18)28-21-10-2-1-9-19(20)21/h1-3,5,7-11,13-14,16-17,24H,4,6,12,15H2/t24-/m0/s1. The Morgan fingerprint density at radius 3 is 2.70 bits per heavy atom. The van der Waals surface area contributed by atoms with Gasteiger partial charge in [0.2, 0.25) is 0 Å². The van der Waals surface area contributed by atoms with E-state index >= 15 is 0 Å². The molecule has 148 valence electrons. The van der Waals surface area contributed by atoms with E-state index in [1.54, 1.807) is 18.6 Å². The normalized spacial score (nSPS) is 16.5. The number of benzene rings is 1. The molecule has 1 amide bonds. The maximum Gasteiger partial charge on any atom is 0.255 e. The summed E-state index contributed by atoms with van der Waals surface area (Å²) in [6.07, 6.45) is 8.36. The van der Waals surface area contributed by atoms with Crippen LogP contribution in [-0.4, -0.2) is 32.3 Å². The highest BCUT2D eigenvalue weighted by molar-refractivity contribution is 6.07. The molecule has 4 heterocycles. The first-order valence-corrected chi connectivity index (χ1v) is 10.3. The second-order valence-corrected chi connectivity index (χ2v) is 7.58. The quantitative estimate of drug-likeness (QED) is 0.487. The SMILES string of the molecule is O=C(c1cc(-c2cccnc2)nc2ccccc12)N1CCCC[C@H]1c1ccccn1. The fraction of sp³-hybridized carbons (Fsp3) is 0.200. The topological polar surface area (TPSA) is 59.0 Å². The van der Waals surface area contributed by atoms with Crippen molar-refractivity contribution < 1.29 is 4.79 Å². The van der Waals surface area contributed by atoms with Crippen LogP contribution in [0, 0.1) is 0 Å². The van der Waals surface area contributed by atoms with Crippen molar-refractivity contribution in [2.24, 2.45) is 0 Å². The second-order valence-electron chi connectivity index (χ2n) is 7.58. The molecule has 0 saturated carbocycles. The number of carbonyl (C=O) groups is 1. The summed E-state index contributed by atoms with van der Waals surface area (Å²) in [6, 6.07) is 19.5. The highest BCUT2D eigenvalue weighted by atomic mass is 16.2. The Balaban J connectivity index is 1.61. The number of nitrogens with zero attached hydrogens (tertiary/aromatic N) is 4. The molecule has 3 aromatic heterocycles. The first-order valence-electron chi connectivity index (χ1n) is 10.3. The number of amides is 1. The van der Waals surface area contributed by atoms with Gasteiger partial charge in [0, 0.05) is 36.1 Å². The molecule has 0 bridgehead atoms. The van der Waals surface area contributed by atoms with Gasteiger partial charge in [-0.2, -0.15) is 0 Å². The number of likely N-dealkylation sites (tertiary alicyclic amines) is 1. The summed E-state index contributed by atoms with van der Waals surface area (Å²) in [6.45, 7) is 0.735. The van der Waals surface area contributed by atoms with Gasteiger partial charge in [-0.3, -0.25) is 14.8 Å². The van der Waals surface area contributed by atoms with Gasteiger partial charge < -0.3 is 4.90 Å². The molecule has 5 rings (SSSR count).